The Bertz CT molecular complexity index is 1350. The molecule has 0 aliphatic heterocycles. The van der Waals surface area contributed by atoms with E-state index in [1.54, 1.807) is 0 Å². The Morgan fingerprint density at radius 2 is 0.780 bits per heavy atom. The number of esters is 3. The Morgan fingerprint density at radius 1 is 0.373 bits per heavy atom. The van der Waals surface area contributed by atoms with Gasteiger partial charge in [-0.25, -0.2) is 0 Å². The standard InChI is InChI=1S/C53H80O6/c1-4-7-10-13-16-19-21-23-24-25-26-27-28-30-31-34-37-40-43-46-52(55)58-49-50(48-57-51(54)45-42-39-36-33-18-15-12-9-6-3)59-53(56)47-44-41-38-35-32-29-22-20-17-14-11-8-5-2/h7-8,10-11,14,16-17,19-20,22-24,26-27,29-32,35,37-38,40,50H,4-6,9,12-13,15,18,21,25,28,33-34,36,39,41-49H2,1-3H3/b10-7-,11-8-,17-14-,19-16-,22-20-,24-23-,27-26-,31-30-,32-29-,38-35-,40-37-. The average molecular weight is 813 g/mol. The van der Waals surface area contributed by atoms with Gasteiger partial charge in [0.2, 0.25) is 0 Å². The van der Waals surface area contributed by atoms with Gasteiger partial charge in [0, 0.05) is 19.3 Å². The van der Waals surface area contributed by atoms with Crippen molar-refractivity contribution in [1.29, 1.82) is 0 Å². The van der Waals surface area contributed by atoms with Crippen molar-refractivity contribution in [2.75, 3.05) is 13.2 Å². The van der Waals surface area contributed by atoms with E-state index in [9.17, 15) is 14.4 Å². The largest absolute Gasteiger partial charge is 0.462 e. The fourth-order valence-electron chi connectivity index (χ4n) is 5.44. The summed E-state index contributed by atoms with van der Waals surface area (Å²) in [6.45, 7) is 6.19. The predicted molar refractivity (Wildman–Crippen MR) is 251 cm³/mol. The van der Waals surface area contributed by atoms with Gasteiger partial charge >= 0.3 is 17.9 Å². The van der Waals surface area contributed by atoms with Crippen molar-refractivity contribution in [3.8, 4) is 0 Å². The maximum Gasteiger partial charge on any atom is 0.306 e. The van der Waals surface area contributed by atoms with Crippen LogP contribution in [0.15, 0.2) is 134 Å². The average Bonchev–Trinajstić information content (AvgIpc) is 3.23. The van der Waals surface area contributed by atoms with Crippen LogP contribution in [0.3, 0.4) is 0 Å². The first kappa shape index (κ1) is 54.6. The summed E-state index contributed by atoms with van der Waals surface area (Å²) in [4.78, 5) is 37.6. The third kappa shape index (κ3) is 44.5. The first-order chi connectivity index (χ1) is 29.0. The highest BCUT2D eigenvalue weighted by molar-refractivity contribution is 5.71. The number of carbonyl (C=O) groups is 3. The molecule has 0 fully saturated rings. The molecule has 0 aliphatic carbocycles. The molecule has 0 N–H and O–H groups in total. The second kappa shape index (κ2) is 46.2. The minimum absolute atomic E-state index is 0.134. The fourth-order valence-corrected chi connectivity index (χ4v) is 5.44. The summed E-state index contributed by atoms with van der Waals surface area (Å²) in [7, 11) is 0. The van der Waals surface area contributed by atoms with Crippen LogP contribution in [-0.2, 0) is 28.6 Å². The van der Waals surface area contributed by atoms with E-state index in [-0.39, 0.29) is 38.0 Å². The first-order valence-corrected chi connectivity index (χ1v) is 22.8. The van der Waals surface area contributed by atoms with Gasteiger partial charge in [-0.2, -0.15) is 0 Å². The molecule has 328 valence electrons. The van der Waals surface area contributed by atoms with Crippen molar-refractivity contribution in [1.82, 2.24) is 0 Å². The molecule has 0 spiro atoms. The zero-order chi connectivity index (χ0) is 43.0. The topological polar surface area (TPSA) is 78.9 Å². The summed E-state index contributed by atoms with van der Waals surface area (Å²) in [6, 6.07) is 0. The first-order valence-electron chi connectivity index (χ1n) is 22.8. The number of carbonyl (C=O) groups excluding carboxylic acids is 3. The number of unbranched alkanes of at least 4 members (excludes halogenated alkanes) is 9. The molecular weight excluding hydrogens is 733 g/mol. The van der Waals surface area contributed by atoms with E-state index >= 15 is 0 Å². The monoisotopic (exact) mass is 813 g/mol. The molecule has 0 aliphatic rings. The lowest BCUT2D eigenvalue weighted by Crippen LogP contribution is -2.30. The lowest BCUT2D eigenvalue weighted by molar-refractivity contribution is -0.166. The number of allylic oxidation sites excluding steroid dienone is 22. The molecule has 0 aromatic carbocycles. The second-order valence-electron chi connectivity index (χ2n) is 14.3. The van der Waals surface area contributed by atoms with E-state index in [4.69, 9.17) is 14.2 Å². The van der Waals surface area contributed by atoms with Gasteiger partial charge in [0.05, 0.1) is 0 Å². The number of rotatable bonds is 38. The van der Waals surface area contributed by atoms with Crippen molar-refractivity contribution in [3.05, 3.63) is 134 Å². The summed E-state index contributed by atoms with van der Waals surface area (Å²) in [5.74, 6) is -1.12. The number of ether oxygens (including phenoxy) is 3. The van der Waals surface area contributed by atoms with Gasteiger partial charge in [0.1, 0.15) is 13.2 Å². The minimum Gasteiger partial charge on any atom is -0.462 e. The Labute approximate surface area is 360 Å². The molecule has 0 saturated carbocycles. The van der Waals surface area contributed by atoms with Crippen molar-refractivity contribution in [2.24, 2.45) is 0 Å². The van der Waals surface area contributed by atoms with Gasteiger partial charge in [0.15, 0.2) is 6.10 Å². The molecule has 0 heterocycles. The summed E-state index contributed by atoms with van der Waals surface area (Å²) in [5.41, 5.74) is 0. The van der Waals surface area contributed by atoms with Crippen LogP contribution in [0, 0.1) is 0 Å². The molecule has 6 heteroatoms. The van der Waals surface area contributed by atoms with Crippen molar-refractivity contribution in [3.63, 3.8) is 0 Å². The van der Waals surface area contributed by atoms with Crippen LogP contribution in [0.1, 0.15) is 162 Å². The minimum atomic E-state index is -0.846. The van der Waals surface area contributed by atoms with Crippen molar-refractivity contribution in [2.45, 2.75) is 168 Å². The highest BCUT2D eigenvalue weighted by atomic mass is 16.6. The van der Waals surface area contributed by atoms with Crippen LogP contribution >= 0.6 is 0 Å². The van der Waals surface area contributed by atoms with Crippen molar-refractivity contribution >= 4 is 17.9 Å². The maximum absolute atomic E-state index is 12.7. The highest BCUT2D eigenvalue weighted by Gasteiger charge is 2.19. The SMILES string of the molecule is CC\C=C/C=C\C=C/C=C\C=C/CCCC(=O)OC(COC(=O)CC/C=C\C/C=C\C/C=C\C/C=C\C/C=C\C/C=C\CC)COC(=O)CCCCCCCCCCC. The van der Waals surface area contributed by atoms with Gasteiger partial charge < -0.3 is 14.2 Å². The van der Waals surface area contributed by atoms with Crippen molar-refractivity contribution < 1.29 is 28.6 Å². The van der Waals surface area contributed by atoms with Gasteiger partial charge in [-0.15, -0.1) is 0 Å². The van der Waals surface area contributed by atoms with Gasteiger partial charge in [-0.3, -0.25) is 14.4 Å². The third-order valence-corrected chi connectivity index (χ3v) is 8.79. The zero-order valence-electron chi connectivity index (χ0n) is 37.2. The second-order valence-corrected chi connectivity index (χ2v) is 14.3. The molecule has 6 nitrogen and oxygen atoms in total. The van der Waals surface area contributed by atoms with E-state index in [0.717, 1.165) is 64.2 Å². The quantitative estimate of drug-likeness (QED) is 0.0203. The molecule has 0 rings (SSSR count). The van der Waals surface area contributed by atoms with Crippen LogP contribution in [0.4, 0.5) is 0 Å². The molecule has 0 saturated heterocycles. The molecule has 0 aromatic heterocycles. The van der Waals surface area contributed by atoms with Gasteiger partial charge in [-0.1, -0.05) is 206 Å². The van der Waals surface area contributed by atoms with Crippen LogP contribution in [0.2, 0.25) is 0 Å². The lowest BCUT2D eigenvalue weighted by atomic mass is 10.1. The summed E-state index contributed by atoms with van der Waals surface area (Å²) < 4.78 is 16.5. The van der Waals surface area contributed by atoms with E-state index in [2.05, 4.69) is 87.6 Å². The van der Waals surface area contributed by atoms with Crippen LogP contribution in [0.5, 0.6) is 0 Å². The van der Waals surface area contributed by atoms with Gasteiger partial charge in [0.25, 0.3) is 0 Å². The molecule has 1 unspecified atom stereocenters. The predicted octanol–water partition coefficient (Wildman–Crippen LogP) is 14.7. The maximum atomic E-state index is 12.7. The Hall–Kier alpha value is -4.45. The highest BCUT2D eigenvalue weighted by Crippen LogP contribution is 2.12. The van der Waals surface area contributed by atoms with Crippen LogP contribution in [-0.4, -0.2) is 37.2 Å². The number of hydrogen-bond acceptors (Lipinski definition) is 6. The summed E-state index contributed by atoms with van der Waals surface area (Å²) in [5, 5.41) is 0. The molecule has 0 bridgehead atoms. The Kier molecular flexibility index (Phi) is 42.8. The van der Waals surface area contributed by atoms with Gasteiger partial charge in [-0.05, 0) is 70.6 Å². The molecule has 1 atom stereocenters. The lowest BCUT2D eigenvalue weighted by Gasteiger charge is -2.18. The molecule has 59 heavy (non-hydrogen) atoms. The Balaban J connectivity index is 4.60. The zero-order valence-corrected chi connectivity index (χ0v) is 37.2. The fraction of sp³-hybridized carbons (Fsp3) is 0.528. The van der Waals surface area contributed by atoms with E-state index < -0.39 is 12.1 Å². The number of hydrogen-bond donors (Lipinski definition) is 0. The van der Waals surface area contributed by atoms with E-state index in [1.165, 1.54) is 38.5 Å². The van der Waals surface area contributed by atoms with E-state index in [1.807, 2.05) is 66.8 Å². The van der Waals surface area contributed by atoms with Crippen LogP contribution < -0.4 is 0 Å². The summed E-state index contributed by atoms with van der Waals surface area (Å²) in [6.07, 6.45) is 64.6. The van der Waals surface area contributed by atoms with Crippen LogP contribution in [0.25, 0.3) is 0 Å². The Morgan fingerprint density at radius 3 is 1.29 bits per heavy atom. The molecule has 0 amide bonds. The normalized spacial score (nSPS) is 13.3. The molecule has 0 aromatic rings. The molecular formula is C53H80O6. The summed E-state index contributed by atoms with van der Waals surface area (Å²) >= 11 is 0. The smallest absolute Gasteiger partial charge is 0.306 e. The molecule has 0 radical (unpaired) electrons. The van der Waals surface area contributed by atoms with E-state index in [0.29, 0.717) is 25.7 Å². The third-order valence-electron chi connectivity index (χ3n) is 8.79.